The zero-order chi connectivity index (χ0) is 30.6. The van der Waals surface area contributed by atoms with Crippen LogP contribution in [0.5, 0.6) is 5.88 Å². The third-order valence-electron chi connectivity index (χ3n) is 6.84. The molecule has 9 heteroatoms. The normalized spacial score (nSPS) is 12.0. The van der Waals surface area contributed by atoms with Gasteiger partial charge in [-0.25, -0.2) is 15.3 Å². The number of nitrogens with one attached hydrogen (secondary N) is 1. The second kappa shape index (κ2) is 15.4. The molecule has 2 N–H and O–H groups in total. The Morgan fingerprint density at radius 2 is 1.53 bits per heavy atom. The lowest BCUT2D eigenvalue weighted by Gasteiger charge is -2.30. The lowest BCUT2D eigenvalue weighted by Crippen LogP contribution is -2.57. The van der Waals surface area contributed by atoms with Crippen LogP contribution in [0.4, 0.5) is 0 Å². The molecule has 0 saturated carbocycles. The van der Waals surface area contributed by atoms with Crippen molar-refractivity contribution in [2.45, 2.75) is 52.3 Å². The van der Waals surface area contributed by atoms with Crippen LogP contribution >= 0.6 is 0 Å². The summed E-state index contributed by atoms with van der Waals surface area (Å²) in [6, 6.07) is 27.0. The van der Waals surface area contributed by atoms with Gasteiger partial charge in [0.2, 0.25) is 11.8 Å². The highest BCUT2D eigenvalue weighted by Crippen LogP contribution is 2.17. The molecule has 0 unspecified atom stereocenters. The van der Waals surface area contributed by atoms with E-state index in [1.165, 1.54) is 10.8 Å². The summed E-state index contributed by atoms with van der Waals surface area (Å²) < 4.78 is 2.21. The number of carbonyl (C=O) groups excluding carboxylic acids is 2. The van der Waals surface area contributed by atoms with E-state index in [4.69, 9.17) is 4.84 Å². The summed E-state index contributed by atoms with van der Waals surface area (Å²) in [4.78, 5) is 46.7. The highest BCUT2D eigenvalue weighted by Gasteiger charge is 2.34. The van der Waals surface area contributed by atoms with Gasteiger partial charge in [-0.1, -0.05) is 117 Å². The second-order valence-corrected chi connectivity index (χ2v) is 10.7. The first kappa shape index (κ1) is 31.1. The van der Waals surface area contributed by atoms with Crippen LogP contribution in [0, 0.1) is 5.92 Å². The molecule has 1 heterocycles. The first-order valence-electron chi connectivity index (χ1n) is 14.4. The molecule has 3 aromatic carbocycles. The number of aromatic nitrogens is 2. The van der Waals surface area contributed by atoms with Gasteiger partial charge >= 0.3 is 5.69 Å². The Kier molecular flexibility index (Phi) is 11.1. The molecule has 0 radical (unpaired) electrons. The van der Waals surface area contributed by atoms with Crippen molar-refractivity contribution in [3.05, 3.63) is 130 Å². The van der Waals surface area contributed by atoms with Crippen LogP contribution in [0.2, 0.25) is 0 Å². The molecule has 224 valence electrons. The van der Waals surface area contributed by atoms with Crippen LogP contribution in [0.1, 0.15) is 49.8 Å². The fraction of sp³-hybridized carbons (Fsp3) is 0.265. The average molecular weight is 583 g/mol. The first-order valence-corrected chi connectivity index (χ1v) is 14.4. The summed E-state index contributed by atoms with van der Waals surface area (Å²) in [6.07, 6.45) is 5.55. The molecule has 43 heavy (non-hydrogen) atoms. The van der Waals surface area contributed by atoms with Crippen LogP contribution < -0.4 is 16.2 Å². The molecule has 0 saturated heterocycles. The molecule has 4 rings (SSSR count). The summed E-state index contributed by atoms with van der Waals surface area (Å²) in [5.74, 6) is -1.35. The maximum Gasteiger partial charge on any atom is 0.350 e. The minimum absolute atomic E-state index is 0.0542. The molecule has 0 aliphatic heterocycles. The SMILES string of the molecule is CC(C)CCC(=O)N([C@@H](CC=Cc1ccccc1)C(=O)NOCc1ccccc1)n1c(O)cn(Cc2ccccc2)c1=O. The lowest BCUT2D eigenvalue weighted by atomic mass is 10.1. The van der Waals surface area contributed by atoms with Gasteiger partial charge in [-0.05, 0) is 35.4 Å². The maximum atomic E-state index is 13.8. The summed E-state index contributed by atoms with van der Waals surface area (Å²) in [5.41, 5.74) is 4.42. The van der Waals surface area contributed by atoms with Crippen LogP contribution in [-0.2, 0) is 27.6 Å². The molecule has 0 aliphatic carbocycles. The fourth-order valence-corrected chi connectivity index (χ4v) is 4.56. The zero-order valence-corrected chi connectivity index (χ0v) is 24.5. The van der Waals surface area contributed by atoms with E-state index in [-0.39, 0.29) is 31.9 Å². The Balaban J connectivity index is 1.68. The summed E-state index contributed by atoms with van der Waals surface area (Å²) in [7, 11) is 0. The van der Waals surface area contributed by atoms with Crippen molar-refractivity contribution >= 4 is 17.9 Å². The van der Waals surface area contributed by atoms with Gasteiger partial charge in [-0.15, -0.1) is 0 Å². The number of hydrogen-bond acceptors (Lipinski definition) is 5. The largest absolute Gasteiger partial charge is 0.492 e. The molecule has 0 aliphatic rings. The molecule has 1 aromatic heterocycles. The van der Waals surface area contributed by atoms with Crippen molar-refractivity contribution in [1.82, 2.24) is 14.7 Å². The number of imidazole rings is 1. The van der Waals surface area contributed by atoms with Crippen molar-refractivity contribution in [2.75, 3.05) is 5.01 Å². The van der Waals surface area contributed by atoms with Gasteiger partial charge in [-0.3, -0.25) is 19.0 Å². The molecule has 0 bridgehead atoms. The van der Waals surface area contributed by atoms with E-state index in [1.807, 2.05) is 111 Å². The van der Waals surface area contributed by atoms with Crippen LogP contribution in [0.15, 0.2) is 108 Å². The van der Waals surface area contributed by atoms with Crippen molar-refractivity contribution in [3.8, 4) is 5.88 Å². The third-order valence-corrected chi connectivity index (χ3v) is 6.84. The number of hydrogen-bond donors (Lipinski definition) is 2. The van der Waals surface area contributed by atoms with E-state index < -0.39 is 29.4 Å². The third kappa shape index (κ3) is 8.80. The van der Waals surface area contributed by atoms with E-state index in [2.05, 4.69) is 5.48 Å². The van der Waals surface area contributed by atoms with Crippen LogP contribution in [-0.4, -0.2) is 32.2 Å². The standard InChI is InChI=1S/C34H38N4O5/c1-26(2)21-22-31(39)37(38-32(40)24-36(34(38)42)23-28-15-8-4-9-16-28)30(20-12-19-27-13-6-3-7-14-27)33(41)35-43-25-29-17-10-5-11-18-29/h3-19,24,26,30,40H,20-23,25H2,1-2H3,(H,35,41)/t30-/m0/s1. The van der Waals surface area contributed by atoms with Gasteiger partial charge in [0.05, 0.1) is 19.3 Å². The van der Waals surface area contributed by atoms with Gasteiger partial charge in [0.25, 0.3) is 5.91 Å². The molecule has 2 amide bonds. The summed E-state index contributed by atoms with van der Waals surface area (Å²) in [6.45, 7) is 4.27. The number of aromatic hydroxyl groups is 1. The first-order chi connectivity index (χ1) is 20.8. The van der Waals surface area contributed by atoms with Crippen molar-refractivity contribution in [2.24, 2.45) is 5.92 Å². The molecule has 4 aromatic rings. The Labute approximate surface area is 251 Å². The zero-order valence-electron chi connectivity index (χ0n) is 24.5. The van der Waals surface area contributed by atoms with E-state index >= 15 is 0 Å². The number of benzene rings is 3. The van der Waals surface area contributed by atoms with E-state index in [0.29, 0.717) is 6.42 Å². The minimum Gasteiger partial charge on any atom is -0.492 e. The maximum absolute atomic E-state index is 13.8. The topological polar surface area (TPSA) is 106 Å². The highest BCUT2D eigenvalue weighted by atomic mass is 16.7. The number of amides is 2. The van der Waals surface area contributed by atoms with Crippen molar-refractivity contribution in [3.63, 3.8) is 0 Å². The Morgan fingerprint density at radius 3 is 2.16 bits per heavy atom. The van der Waals surface area contributed by atoms with E-state index in [1.54, 1.807) is 6.08 Å². The number of hydroxylamine groups is 1. The summed E-state index contributed by atoms with van der Waals surface area (Å²) >= 11 is 0. The number of carbonyl (C=O) groups is 2. The predicted octanol–water partition coefficient (Wildman–Crippen LogP) is 5.02. The monoisotopic (exact) mass is 582 g/mol. The molecule has 1 atom stereocenters. The Bertz CT molecular complexity index is 1550. The molecular formula is C34H38N4O5. The molecular weight excluding hydrogens is 544 g/mol. The van der Waals surface area contributed by atoms with Crippen LogP contribution in [0.25, 0.3) is 6.08 Å². The van der Waals surface area contributed by atoms with Gasteiger partial charge in [-0.2, -0.15) is 4.68 Å². The quantitative estimate of drug-likeness (QED) is 0.203. The molecule has 0 spiro atoms. The number of rotatable bonds is 14. The van der Waals surface area contributed by atoms with Gasteiger partial charge in [0.1, 0.15) is 6.04 Å². The summed E-state index contributed by atoms with van der Waals surface area (Å²) in [5, 5.41) is 12.1. The van der Waals surface area contributed by atoms with Crippen molar-refractivity contribution < 1.29 is 19.5 Å². The van der Waals surface area contributed by atoms with Gasteiger partial charge in [0, 0.05) is 6.42 Å². The molecule has 0 fully saturated rings. The van der Waals surface area contributed by atoms with Gasteiger partial charge in [0.15, 0.2) is 0 Å². The van der Waals surface area contributed by atoms with Crippen LogP contribution in [0.3, 0.4) is 0 Å². The Hall–Kier alpha value is -4.89. The van der Waals surface area contributed by atoms with E-state index in [0.717, 1.165) is 26.4 Å². The van der Waals surface area contributed by atoms with E-state index in [9.17, 15) is 19.5 Å². The fourth-order valence-electron chi connectivity index (χ4n) is 4.56. The average Bonchev–Trinajstić information content (AvgIpc) is 3.28. The molecule has 9 nitrogen and oxygen atoms in total. The Morgan fingerprint density at radius 1 is 0.930 bits per heavy atom. The second-order valence-electron chi connectivity index (χ2n) is 10.7. The lowest BCUT2D eigenvalue weighted by molar-refractivity contribution is -0.138. The van der Waals surface area contributed by atoms with Gasteiger partial charge < -0.3 is 5.11 Å². The smallest absolute Gasteiger partial charge is 0.350 e. The highest BCUT2D eigenvalue weighted by molar-refractivity contribution is 5.95. The minimum atomic E-state index is -1.20. The number of nitrogens with zero attached hydrogens (tertiary/aromatic N) is 3. The predicted molar refractivity (Wildman–Crippen MR) is 166 cm³/mol. The van der Waals surface area contributed by atoms with Crippen molar-refractivity contribution in [1.29, 1.82) is 0 Å².